The molecule has 0 saturated carbocycles. The number of rotatable bonds is 2. The third kappa shape index (κ3) is 2.76. The lowest BCUT2D eigenvalue weighted by Crippen LogP contribution is -1.77. The highest BCUT2D eigenvalue weighted by Crippen LogP contribution is 2.61. The van der Waals surface area contributed by atoms with E-state index in [1.165, 1.54) is 29.3 Å². The molecule has 0 aliphatic carbocycles. The average molecular weight is 389 g/mol. The Hall–Kier alpha value is -0.460. The van der Waals surface area contributed by atoms with Gasteiger partial charge >= 0.3 is 0 Å². The summed E-state index contributed by atoms with van der Waals surface area (Å²) in [5, 5.41) is 0. The molecule has 0 unspecified atom stereocenters. The van der Waals surface area contributed by atoms with E-state index in [0.717, 1.165) is 0 Å². The topological polar surface area (TPSA) is 0 Å². The van der Waals surface area contributed by atoms with E-state index in [-0.39, 0.29) is 0 Å². The van der Waals surface area contributed by atoms with Crippen molar-refractivity contribution in [3.8, 4) is 0 Å². The van der Waals surface area contributed by atoms with Crippen LogP contribution in [0.4, 0.5) is 0 Å². The van der Waals surface area contributed by atoms with E-state index in [4.69, 9.17) is 0 Å². The second-order valence-electron chi connectivity index (χ2n) is 5.27. The zero-order valence-corrected chi connectivity index (χ0v) is 16.1. The first-order valence-corrected chi connectivity index (χ1v) is 11.6. The van der Waals surface area contributed by atoms with Crippen molar-refractivity contribution in [2.45, 2.75) is 28.7 Å². The van der Waals surface area contributed by atoms with Crippen molar-refractivity contribution in [3.63, 3.8) is 0 Å². The van der Waals surface area contributed by atoms with Crippen LogP contribution in [0.2, 0.25) is 0 Å². The predicted octanol–water partition coefficient (Wildman–Crippen LogP) is 7.54. The highest BCUT2D eigenvalue weighted by Gasteiger charge is 2.29. The summed E-state index contributed by atoms with van der Waals surface area (Å²) >= 11 is 9.95. The van der Waals surface area contributed by atoms with Crippen LogP contribution in [0.5, 0.6) is 0 Å². The first-order valence-electron chi connectivity index (χ1n) is 7.31. The molecule has 0 amide bonds. The van der Waals surface area contributed by atoms with Gasteiger partial charge in [-0.05, 0) is 36.4 Å². The molecule has 0 spiro atoms. The molecule has 5 rings (SSSR count). The Morgan fingerprint density at radius 2 is 0.826 bits per heavy atom. The lowest BCUT2D eigenvalue weighted by Gasteiger charge is -2.06. The van der Waals surface area contributed by atoms with Crippen molar-refractivity contribution in [1.29, 1.82) is 0 Å². The summed E-state index contributed by atoms with van der Waals surface area (Å²) in [6.07, 6.45) is 0. The van der Waals surface area contributed by atoms with Gasteiger partial charge in [-0.1, -0.05) is 24.3 Å². The summed E-state index contributed by atoms with van der Waals surface area (Å²) in [4.78, 5) is 8.68. The first-order chi connectivity index (χ1) is 11.4. The summed E-state index contributed by atoms with van der Waals surface area (Å²) in [7, 11) is 0. The van der Waals surface area contributed by atoms with Crippen LogP contribution in [0, 0.1) is 0 Å². The van der Waals surface area contributed by atoms with Crippen molar-refractivity contribution in [2.24, 2.45) is 0 Å². The summed E-state index contributed by atoms with van der Waals surface area (Å²) in [5.74, 6) is 0. The van der Waals surface area contributed by atoms with E-state index >= 15 is 0 Å². The average Bonchev–Trinajstić information content (AvgIpc) is 3.30. The molecule has 2 aromatic carbocycles. The monoisotopic (exact) mass is 388 g/mol. The van der Waals surface area contributed by atoms with Gasteiger partial charge in [0.05, 0.1) is 9.16 Å². The van der Waals surface area contributed by atoms with E-state index in [0.29, 0.717) is 9.16 Å². The van der Waals surface area contributed by atoms with Gasteiger partial charge in [-0.15, -0.1) is 58.4 Å². The lowest BCUT2D eigenvalue weighted by molar-refractivity contribution is 1.27. The summed E-state index contributed by atoms with van der Waals surface area (Å²) in [5.41, 5.74) is 0. The molecule has 23 heavy (non-hydrogen) atoms. The molecule has 0 radical (unpaired) electrons. The summed E-state index contributed by atoms with van der Waals surface area (Å²) in [6, 6.07) is 22.2. The Morgan fingerprint density at radius 3 is 1.17 bits per heavy atom. The van der Waals surface area contributed by atoms with E-state index in [9.17, 15) is 0 Å². The van der Waals surface area contributed by atoms with Crippen LogP contribution in [0.3, 0.4) is 0 Å². The quantitative estimate of drug-likeness (QED) is 0.444. The lowest BCUT2D eigenvalue weighted by atomic mass is 10.4. The molecule has 0 nitrogen and oxygen atoms in total. The van der Waals surface area contributed by atoms with E-state index in [1.54, 1.807) is 0 Å². The molecule has 0 N–H and O–H groups in total. The smallest absolute Gasteiger partial charge is 0.0938 e. The van der Waals surface area contributed by atoms with Crippen molar-refractivity contribution in [2.75, 3.05) is 0 Å². The first kappa shape index (κ1) is 14.8. The maximum Gasteiger partial charge on any atom is 0.0938 e. The van der Waals surface area contributed by atoms with Gasteiger partial charge in [0.2, 0.25) is 0 Å². The summed E-state index contributed by atoms with van der Waals surface area (Å²) < 4.78 is 1.04. The fourth-order valence-electron chi connectivity index (χ4n) is 2.65. The summed E-state index contributed by atoms with van der Waals surface area (Å²) in [6.45, 7) is 0. The number of benzene rings is 2. The molecule has 3 heterocycles. The fraction of sp³-hybridized carbons (Fsp3) is 0.111. The zero-order valence-electron chi connectivity index (χ0n) is 12.0. The molecule has 114 valence electrons. The van der Waals surface area contributed by atoms with Gasteiger partial charge in [0.25, 0.3) is 0 Å². The number of thioether (sulfide) groups is 4. The Kier molecular flexibility index (Phi) is 3.95. The van der Waals surface area contributed by atoms with Gasteiger partial charge < -0.3 is 0 Å². The fourth-order valence-corrected chi connectivity index (χ4v) is 9.82. The van der Waals surface area contributed by atoms with Gasteiger partial charge in [0.1, 0.15) is 0 Å². The van der Waals surface area contributed by atoms with Crippen LogP contribution in [-0.4, -0.2) is 0 Å². The Labute approximate surface area is 156 Å². The minimum Gasteiger partial charge on any atom is -0.141 e. The molecule has 0 bridgehead atoms. The van der Waals surface area contributed by atoms with Crippen LogP contribution >= 0.6 is 58.4 Å². The second-order valence-corrected chi connectivity index (χ2v) is 11.6. The molecule has 2 aliphatic heterocycles. The molecule has 0 saturated heterocycles. The van der Waals surface area contributed by atoms with E-state index in [1.807, 2.05) is 58.4 Å². The third-order valence-corrected chi connectivity index (χ3v) is 11.3. The predicted molar refractivity (Wildman–Crippen MR) is 106 cm³/mol. The van der Waals surface area contributed by atoms with Gasteiger partial charge in [0.15, 0.2) is 0 Å². The van der Waals surface area contributed by atoms with Crippen molar-refractivity contribution >= 4 is 58.4 Å². The van der Waals surface area contributed by atoms with E-state index < -0.39 is 0 Å². The van der Waals surface area contributed by atoms with Crippen LogP contribution in [-0.2, 0) is 0 Å². The molecule has 0 fully saturated rings. The normalized spacial score (nSPS) is 17.4. The number of hydrogen-bond donors (Lipinski definition) is 0. The molecule has 3 aromatic rings. The molecular formula is C18H12S5. The highest BCUT2D eigenvalue weighted by atomic mass is 32.2. The minimum atomic E-state index is 0.518. The van der Waals surface area contributed by atoms with Crippen molar-refractivity contribution < 1.29 is 0 Å². The molecule has 0 atom stereocenters. The SMILES string of the molecule is c1ccc2c(c1)SC(c1ccc(C3Sc4ccccc4S3)s1)S2. The van der Waals surface area contributed by atoms with Gasteiger partial charge in [0, 0.05) is 29.3 Å². The second kappa shape index (κ2) is 6.12. The van der Waals surface area contributed by atoms with Crippen LogP contribution < -0.4 is 0 Å². The molecule has 2 aliphatic rings. The van der Waals surface area contributed by atoms with E-state index in [2.05, 4.69) is 60.7 Å². The number of fused-ring (bicyclic) bond motifs is 2. The number of hydrogen-bond acceptors (Lipinski definition) is 5. The Morgan fingerprint density at radius 1 is 0.478 bits per heavy atom. The van der Waals surface area contributed by atoms with Crippen LogP contribution in [0.1, 0.15) is 18.9 Å². The van der Waals surface area contributed by atoms with Gasteiger partial charge in [-0.3, -0.25) is 0 Å². The van der Waals surface area contributed by atoms with Gasteiger partial charge in [-0.2, -0.15) is 0 Å². The Balaban J connectivity index is 1.37. The third-order valence-electron chi connectivity index (χ3n) is 3.75. The molecule has 1 aromatic heterocycles. The van der Waals surface area contributed by atoms with Crippen molar-refractivity contribution in [3.05, 3.63) is 70.4 Å². The molecular weight excluding hydrogens is 377 g/mol. The maximum atomic E-state index is 2.33. The number of thiophene rings is 1. The minimum absolute atomic E-state index is 0.518. The standard InChI is InChI=1S/C18H12S5/c1-2-6-12-11(5-1)20-17(21-12)15-9-10-16(19-15)18-22-13-7-3-4-8-14(13)23-18/h1-10,17-18H. The van der Waals surface area contributed by atoms with Crippen LogP contribution in [0.15, 0.2) is 80.2 Å². The zero-order chi connectivity index (χ0) is 15.2. The maximum absolute atomic E-state index is 2.33. The van der Waals surface area contributed by atoms with Crippen LogP contribution in [0.25, 0.3) is 0 Å². The Bertz CT molecular complexity index is 749. The van der Waals surface area contributed by atoms with Crippen molar-refractivity contribution in [1.82, 2.24) is 0 Å². The largest absolute Gasteiger partial charge is 0.141 e. The van der Waals surface area contributed by atoms with Gasteiger partial charge in [-0.25, -0.2) is 0 Å². The molecule has 5 heteroatoms. The highest BCUT2D eigenvalue weighted by molar-refractivity contribution is 8.19.